The van der Waals surface area contributed by atoms with Crippen molar-refractivity contribution in [3.8, 4) is 11.8 Å². The molecule has 17 heteroatoms. The molecular formula is C42H43ClFN9O6. The Bertz CT molecular complexity index is 2240. The second-order valence-corrected chi connectivity index (χ2v) is 16.9. The third kappa shape index (κ3) is 7.57. The van der Waals surface area contributed by atoms with Gasteiger partial charge in [-0.2, -0.15) is 5.26 Å². The molecule has 3 saturated heterocycles. The van der Waals surface area contributed by atoms with Crippen LogP contribution in [0.5, 0.6) is 5.75 Å². The molecule has 1 aromatic heterocycles. The number of rotatable bonds is 8. The van der Waals surface area contributed by atoms with Gasteiger partial charge >= 0.3 is 0 Å². The smallest absolute Gasteiger partial charge is 0.272 e. The summed E-state index contributed by atoms with van der Waals surface area (Å²) in [5, 5.41) is 23.4. The van der Waals surface area contributed by atoms with Crippen LogP contribution in [0.4, 0.5) is 15.9 Å². The Morgan fingerprint density at radius 2 is 1.59 bits per heavy atom. The number of benzene rings is 2. The number of nitriles is 1. The first-order valence-electron chi connectivity index (χ1n) is 20.3. The van der Waals surface area contributed by atoms with Crippen LogP contribution in [0.15, 0.2) is 42.5 Å². The zero-order valence-electron chi connectivity index (χ0n) is 32.2. The number of aromatic nitrogens is 2. The highest BCUT2D eigenvalue weighted by Crippen LogP contribution is 2.43. The van der Waals surface area contributed by atoms with Gasteiger partial charge in [-0.15, -0.1) is 10.2 Å². The number of hydrogen-bond acceptors (Lipinski definition) is 12. The molecule has 306 valence electrons. The first-order valence-corrected chi connectivity index (χ1v) is 20.7. The minimum atomic E-state index is -1.10. The molecule has 0 spiro atoms. The fourth-order valence-electron chi connectivity index (χ4n) is 9.85. The summed E-state index contributed by atoms with van der Waals surface area (Å²) >= 11 is 6.14. The maximum Gasteiger partial charge on any atom is 0.272 e. The van der Waals surface area contributed by atoms with Crippen LogP contribution >= 0.6 is 11.6 Å². The van der Waals surface area contributed by atoms with Crippen LogP contribution in [0.2, 0.25) is 5.02 Å². The van der Waals surface area contributed by atoms with Crippen molar-refractivity contribution in [1.82, 2.24) is 30.6 Å². The zero-order valence-corrected chi connectivity index (χ0v) is 33.0. The highest BCUT2D eigenvalue weighted by Gasteiger charge is 2.47. The number of amides is 5. The standard InChI is InChI=1S/C42H43ClFN9O6/c43-32-17-29(4-1-23(32)20-45)59-28-5-2-26(3-6-28)46-39(55)34-7-9-37(49-48-34)51-13-11-50(12-14-51)27-15-24-21-52(22-25(24)16-27)36-19-31-30(18-33(36)44)41(57)53(42(31)58)35-8-10-38(54)47-40(35)56/h1,4,7,9,17-19,24-28,35H,2-3,5-6,8,10-16,21-22H2,(H,46,55)(H,47,54,56)/t24-,25?,26-,27-,28-,35?/m1/s1. The Kier molecular flexibility index (Phi) is 10.4. The lowest BCUT2D eigenvalue weighted by Crippen LogP contribution is -2.54. The SMILES string of the molecule is N#Cc1ccc(O[C@H]2CC[C@H](NC(=O)c3ccc(N4CCN([C@H]5CC6CN(c7cc8c(cc7F)C(=O)N(C7CCC(=O)NC7=O)C8=O)C[C@H]6C5)CC4)nn3)CC2)cc1Cl. The van der Waals surface area contributed by atoms with Crippen molar-refractivity contribution in [2.75, 3.05) is 49.1 Å². The van der Waals surface area contributed by atoms with E-state index in [0.717, 1.165) is 81.5 Å². The minimum Gasteiger partial charge on any atom is -0.490 e. The third-order valence-corrected chi connectivity index (χ3v) is 13.3. The molecular weight excluding hydrogens is 781 g/mol. The summed E-state index contributed by atoms with van der Waals surface area (Å²) < 4.78 is 21.6. The first kappa shape index (κ1) is 38.8. The monoisotopic (exact) mass is 823 g/mol. The largest absolute Gasteiger partial charge is 0.490 e. The van der Waals surface area contributed by atoms with E-state index in [1.165, 1.54) is 6.07 Å². The fourth-order valence-corrected chi connectivity index (χ4v) is 10.1. The molecule has 2 aromatic carbocycles. The number of nitrogens with zero attached hydrogens (tertiary/aromatic N) is 7. The Labute approximate surface area is 344 Å². The normalized spacial score (nSPS) is 27.0. The van der Waals surface area contributed by atoms with E-state index >= 15 is 4.39 Å². The van der Waals surface area contributed by atoms with Crippen molar-refractivity contribution in [2.24, 2.45) is 11.8 Å². The van der Waals surface area contributed by atoms with Crippen molar-refractivity contribution in [3.63, 3.8) is 0 Å². The highest BCUT2D eigenvalue weighted by molar-refractivity contribution is 6.31. The molecule has 15 nitrogen and oxygen atoms in total. The van der Waals surface area contributed by atoms with E-state index in [4.69, 9.17) is 21.6 Å². The second kappa shape index (κ2) is 15.8. The molecule has 2 unspecified atom stereocenters. The Balaban J connectivity index is 0.727. The number of fused-ring (bicyclic) bond motifs is 2. The van der Waals surface area contributed by atoms with E-state index in [9.17, 15) is 24.0 Å². The minimum absolute atomic E-state index is 0.00508. The van der Waals surface area contributed by atoms with Crippen molar-refractivity contribution < 1.29 is 33.1 Å². The van der Waals surface area contributed by atoms with Gasteiger partial charge in [-0.1, -0.05) is 11.6 Å². The van der Waals surface area contributed by atoms with Gasteiger partial charge in [-0.25, -0.2) is 4.39 Å². The van der Waals surface area contributed by atoms with E-state index in [2.05, 4.69) is 30.6 Å². The number of piperidine rings is 1. The number of carbonyl (C=O) groups is 5. The summed E-state index contributed by atoms with van der Waals surface area (Å²) in [4.78, 5) is 71.2. The summed E-state index contributed by atoms with van der Waals surface area (Å²) in [7, 11) is 0. The van der Waals surface area contributed by atoms with Crippen molar-refractivity contribution >= 4 is 52.6 Å². The van der Waals surface area contributed by atoms with Gasteiger partial charge in [0.2, 0.25) is 11.8 Å². The quantitative estimate of drug-likeness (QED) is 0.315. The van der Waals surface area contributed by atoms with Crippen LogP contribution in [0.1, 0.15) is 88.1 Å². The number of imide groups is 2. The summed E-state index contributed by atoms with van der Waals surface area (Å²) in [5.74, 6) is -1.24. The third-order valence-electron chi connectivity index (χ3n) is 13.0. The Morgan fingerprint density at radius 3 is 2.24 bits per heavy atom. The molecule has 4 atom stereocenters. The molecule has 2 aliphatic carbocycles. The predicted octanol–water partition coefficient (Wildman–Crippen LogP) is 3.70. The molecule has 9 rings (SSSR count). The van der Waals surface area contributed by atoms with Gasteiger partial charge in [0.05, 0.1) is 33.5 Å². The fraction of sp³-hybridized carbons (Fsp3) is 0.476. The van der Waals surface area contributed by atoms with Gasteiger partial charge in [0.15, 0.2) is 11.5 Å². The van der Waals surface area contributed by atoms with E-state index < -0.39 is 35.5 Å². The molecule has 5 heterocycles. The number of piperazine rings is 1. The molecule has 2 N–H and O–H groups in total. The highest BCUT2D eigenvalue weighted by atomic mass is 35.5. The van der Waals surface area contributed by atoms with Crippen molar-refractivity contribution in [3.05, 3.63) is 75.7 Å². The topological polar surface area (TPSA) is 181 Å². The van der Waals surface area contributed by atoms with Gasteiger partial charge in [-0.3, -0.25) is 39.1 Å². The van der Waals surface area contributed by atoms with Crippen molar-refractivity contribution in [1.29, 1.82) is 5.26 Å². The Hall–Kier alpha value is -5.66. The van der Waals surface area contributed by atoms with E-state index in [0.29, 0.717) is 53.0 Å². The van der Waals surface area contributed by atoms with E-state index in [-0.39, 0.29) is 47.7 Å². The molecule has 0 bridgehead atoms. The van der Waals surface area contributed by atoms with Crippen LogP contribution < -0.4 is 25.2 Å². The summed E-state index contributed by atoms with van der Waals surface area (Å²) in [6.07, 6.45) is 5.12. The molecule has 2 saturated carbocycles. The van der Waals surface area contributed by atoms with Gasteiger partial charge in [0.25, 0.3) is 17.7 Å². The summed E-state index contributed by atoms with van der Waals surface area (Å²) in [5.41, 5.74) is 1.00. The second-order valence-electron chi connectivity index (χ2n) is 16.5. The zero-order chi connectivity index (χ0) is 40.9. The lowest BCUT2D eigenvalue weighted by atomic mass is 9.93. The van der Waals surface area contributed by atoms with Gasteiger partial charge in [0.1, 0.15) is 23.7 Å². The summed E-state index contributed by atoms with van der Waals surface area (Å²) in [6.45, 7) is 4.58. The molecule has 0 radical (unpaired) electrons. The number of carbonyl (C=O) groups excluding carboxylic acids is 5. The molecule has 6 aliphatic rings. The van der Waals surface area contributed by atoms with E-state index in [1.807, 2.05) is 17.0 Å². The molecule has 4 aliphatic heterocycles. The van der Waals surface area contributed by atoms with Crippen LogP contribution in [0.25, 0.3) is 0 Å². The van der Waals surface area contributed by atoms with Gasteiger partial charge in [0, 0.05) is 63.8 Å². The molecule has 59 heavy (non-hydrogen) atoms. The summed E-state index contributed by atoms with van der Waals surface area (Å²) in [6, 6.07) is 12.6. The first-order chi connectivity index (χ1) is 28.5. The molecule has 5 amide bonds. The average Bonchev–Trinajstić information content (AvgIpc) is 3.89. The lowest BCUT2D eigenvalue weighted by molar-refractivity contribution is -0.136. The van der Waals surface area contributed by atoms with Crippen molar-refractivity contribution in [2.45, 2.75) is 75.6 Å². The van der Waals surface area contributed by atoms with Gasteiger partial charge < -0.3 is 19.9 Å². The van der Waals surface area contributed by atoms with E-state index in [1.54, 1.807) is 24.3 Å². The number of anilines is 2. The number of nitrogens with one attached hydrogen (secondary N) is 2. The number of halogens is 2. The number of hydrogen-bond donors (Lipinski definition) is 2. The maximum atomic E-state index is 15.6. The van der Waals surface area contributed by atoms with Crippen LogP contribution in [-0.2, 0) is 9.59 Å². The maximum absolute atomic E-state index is 15.6. The predicted molar refractivity (Wildman–Crippen MR) is 211 cm³/mol. The van der Waals surface area contributed by atoms with Crippen LogP contribution in [0, 0.1) is 29.0 Å². The van der Waals surface area contributed by atoms with Gasteiger partial charge in [-0.05, 0) is 93.2 Å². The molecule has 3 aromatic rings. The van der Waals surface area contributed by atoms with Crippen LogP contribution in [0.3, 0.4) is 0 Å². The molecule has 5 fully saturated rings. The number of ether oxygens (including phenoxy) is 1. The lowest BCUT2D eigenvalue weighted by Gasteiger charge is -2.39. The van der Waals surface area contributed by atoms with Crippen LogP contribution in [-0.4, -0.2) is 113 Å². The Morgan fingerprint density at radius 1 is 0.881 bits per heavy atom. The average molecular weight is 824 g/mol.